The number of hydrogen-bond acceptors (Lipinski definition) is 2. The second-order valence-electron chi connectivity index (χ2n) is 4.93. The van der Waals surface area contributed by atoms with Crippen LogP contribution >= 0.6 is 0 Å². The van der Waals surface area contributed by atoms with Crippen LogP contribution in [0.4, 0.5) is 4.79 Å². The molecule has 16 heavy (non-hydrogen) atoms. The number of nitrogens with one attached hydrogen (secondary N) is 1. The largest absolute Gasteiger partial charge is 0.481 e. The first-order chi connectivity index (χ1) is 7.24. The van der Waals surface area contributed by atoms with Crippen LogP contribution in [0.5, 0.6) is 0 Å². The number of amides is 2. The number of rotatable bonds is 6. The van der Waals surface area contributed by atoms with Gasteiger partial charge in [0, 0.05) is 27.1 Å². The third-order valence-electron chi connectivity index (χ3n) is 2.50. The van der Waals surface area contributed by atoms with E-state index in [1.807, 2.05) is 13.8 Å². The van der Waals surface area contributed by atoms with Gasteiger partial charge in [-0.1, -0.05) is 13.8 Å². The lowest BCUT2D eigenvalue weighted by Crippen LogP contribution is -2.36. The maximum atomic E-state index is 11.2. The highest BCUT2D eigenvalue weighted by molar-refractivity contribution is 5.73. The van der Waals surface area contributed by atoms with Crippen LogP contribution in [0.25, 0.3) is 0 Å². The number of urea groups is 1. The van der Waals surface area contributed by atoms with Crippen LogP contribution in [0.2, 0.25) is 0 Å². The molecule has 2 N–H and O–H groups in total. The van der Waals surface area contributed by atoms with Gasteiger partial charge in [0.05, 0.1) is 0 Å². The van der Waals surface area contributed by atoms with Crippen LogP contribution in [0, 0.1) is 5.41 Å². The number of aliphatic carboxylic acids is 1. The number of carbonyl (C=O) groups excluding carboxylic acids is 1. The van der Waals surface area contributed by atoms with Crippen molar-refractivity contribution in [3.8, 4) is 0 Å². The molecule has 94 valence electrons. The maximum absolute atomic E-state index is 11.2. The van der Waals surface area contributed by atoms with Gasteiger partial charge in [-0.2, -0.15) is 0 Å². The minimum atomic E-state index is -0.773. The molecular weight excluding hydrogens is 208 g/mol. The number of carbonyl (C=O) groups is 2. The van der Waals surface area contributed by atoms with Gasteiger partial charge >= 0.3 is 12.0 Å². The number of hydrogen-bond donors (Lipinski definition) is 2. The van der Waals surface area contributed by atoms with Crippen molar-refractivity contribution in [3.05, 3.63) is 0 Å². The molecule has 0 aromatic rings. The van der Waals surface area contributed by atoms with E-state index in [-0.39, 0.29) is 17.9 Å². The Hall–Kier alpha value is -1.26. The molecule has 5 nitrogen and oxygen atoms in total. The molecule has 0 fully saturated rings. The monoisotopic (exact) mass is 230 g/mol. The average Bonchev–Trinajstić information content (AvgIpc) is 2.14. The third-order valence-corrected chi connectivity index (χ3v) is 2.50. The predicted octanol–water partition coefficient (Wildman–Crippen LogP) is 1.54. The van der Waals surface area contributed by atoms with E-state index in [9.17, 15) is 9.59 Å². The second-order valence-corrected chi connectivity index (χ2v) is 4.93. The zero-order valence-corrected chi connectivity index (χ0v) is 10.5. The summed E-state index contributed by atoms with van der Waals surface area (Å²) in [5, 5.41) is 11.4. The third kappa shape index (κ3) is 7.09. The van der Waals surface area contributed by atoms with Crippen molar-refractivity contribution in [3.63, 3.8) is 0 Å². The lowest BCUT2D eigenvalue weighted by Gasteiger charge is -2.24. The smallest absolute Gasteiger partial charge is 0.316 e. The minimum absolute atomic E-state index is 0.0576. The SMILES string of the molecule is CN(C)C(=O)NCCC(C)(C)CCC(=O)O. The number of carboxylic acid groups (broad SMARTS) is 1. The summed E-state index contributed by atoms with van der Waals surface area (Å²) in [6.45, 7) is 4.60. The lowest BCUT2D eigenvalue weighted by molar-refractivity contribution is -0.137. The van der Waals surface area contributed by atoms with Crippen molar-refractivity contribution in [1.82, 2.24) is 10.2 Å². The van der Waals surface area contributed by atoms with Crippen molar-refractivity contribution in [2.75, 3.05) is 20.6 Å². The fourth-order valence-electron chi connectivity index (χ4n) is 1.24. The lowest BCUT2D eigenvalue weighted by atomic mass is 9.84. The molecular formula is C11H22N2O3. The van der Waals surface area contributed by atoms with Crippen LogP contribution in [0.1, 0.15) is 33.1 Å². The summed E-state index contributed by atoms with van der Waals surface area (Å²) in [6, 6.07) is -0.117. The van der Waals surface area contributed by atoms with E-state index >= 15 is 0 Å². The zero-order valence-electron chi connectivity index (χ0n) is 10.5. The zero-order chi connectivity index (χ0) is 12.8. The molecule has 0 aliphatic carbocycles. The first-order valence-corrected chi connectivity index (χ1v) is 5.41. The first-order valence-electron chi connectivity index (χ1n) is 5.41. The van der Waals surface area contributed by atoms with Crippen molar-refractivity contribution in [2.24, 2.45) is 5.41 Å². The molecule has 0 unspecified atom stereocenters. The normalized spacial score (nSPS) is 11.0. The molecule has 0 aliphatic rings. The molecule has 5 heteroatoms. The fraction of sp³-hybridized carbons (Fsp3) is 0.818. The van der Waals surface area contributed by atoms with Gasteiger partial charge in [0.15, 0.2) is 0 Å². The van der Waals surface area contributed by atoms with Crippen LogP contribution in [0.3, 0.4) is 0 Å². The Morgan fingerprint density at radius 3 is 2.25 bits per heavy atom. The summed E-state index contributed by atoms with van der Waals surface area (Å²) in [5.74, 6) is -0.773. The molecule has 0 saturated heterocycles. The quantitative estimate of drug-likeness (QED) is 0.727. The van der Waals surface area contributed by atoms with E-state index in [1.165, 1.54) is 4.90 Å². The van der Waals surface area contributed by atoms with Gasteiger partial charge in [-0.3, -0.25) is 4.79 Å². The molecule has 0 heterocycles. The van der Waals surface area contributed by atoms with Crippen LogP contribution < -0.4 is 5.32 Å². The first kappa shape index (κ1) is 14.7. The topological polar surface area (TPSA) is 69.6 Å². The Balaban J connectivity index is 3.81. The minimum Gasteiger partial charge on any atom is -0.481 e. The summed E-state index contributed by atoms with van der Waals surface area (Å²) in [4.78, 5) is 23.1. The van der Waals surface area contributed by atoms with E-state index in [4.69, 9.17) is 5.11 Å². The second kappa shape index (κ2) is 6.35. The highest BCUT2D eigenvalue weighted by Crippen LogP contribution is 2.25. The average molecular weight is 230 g/mol. The van der Waals surface area contributed by atoms with Crippen molar-refractivity contribution in [1.29, 1.82) is 0 Å². The molecule has 0 rings (SSSR count). The molecule has 2 amide bonds. The van der Waals surface area contributed by atoms with Crippen LogP contribution in [-0.4, -0.2) is 42.6 Å². The fourth-order valence-corrected chi connectivity index (χ4v) is 1.24. The summed E-state index contributed by atoms with van der Waals surface area (Å²) in [6.07, 6.45) is 1.58. The summed E-state index contributed by atoms with van der Waals surface area (Å²) >= 11 is 0. The van der Waals surface area contributed by atoms with E-state index in [0.717, 1.165) is 6.42 Å². The van der Waals surface area contributed by atoms with Gasteiger partial charge < -0.3 is 15.3 Å². The summed E-state index contributed by atoms with van der Waals surface area (Å²) in [7, 11) is 3.37. The standard InChI is InChI=1S/C11H22N2O3/c1-11(2,6-5-9(14)15)7-8-12-10(16)13(3)4/h5-8H2,1-4H3,(H,12,16)(H,14,15). The molecule has 0 radical (unpaired) electrons. The van der Waals surface area contributed by atoms with Crippen molar-refractivity contribution >= 4 is 12.0 Å². The highest BCUT2D eigenvalue weighted by Gasteiger charge is 2.19. The highest BCUT2D eigenvalue weighted by atomic mass is 16.4. The Kier molecular flexibility index (Phi) is 5.85. The van der Waals surface area contributed by atoms with Gasteiger partial charge in [0.25, 0.3) is 0 Å². The van der Waals surface area contributed by atoms with Crippen molar-refractivity contribution < 1.29 is 14.7 Å². The molecule has 0 aromatic heterocycles. The van der Waals surface area contributed by atoms with Gasteiger partial charge in [-0.15, -0.1) is 0 Å². The molecule has 0 aliphatic heterocycles. The Bertz CT molecular complexity index is 250. The molecule has 0 bridgehead atoms. The van der Waals surface area contributed by atoms with E-state index in [2.05, 4.69) is 5.32 Å². The Morgan fingerprint density at radius 1 is 1.25 bits per heavy atom. The van der Waals surface area contributed by atoms with E-state index in [1.54, 1.807) is 14.1 Å². The molecule has 0 saturated carbocycles. The van der Waals surface area contributed by atoms with Gasteiger partial charge in [0.1, 0.15) is 0 Å². The van der Waals surface area contributed by atoms with Crippen LogP contribution in [-0.2, 0) is 4.79 Å². The maximum Gasteiger partial charge on any atom is 0.316 e. The molecule has 0 atom stereocenters. The Morgan fingerprint density at radius 2 is 1.81 bits per heavy atom. The summed E-state index contributed by atoms with van der Waals surface area (Å²) in [5.41, 5.74) is -0.0576. The summed E-state index contributed by atoms with van der Waals surface area (Å²) < 4.78 is 0. The number of carboxylic acids is 1. The van der Waals surface area contributed by atoms with E-state index < -0.39 is 5.97 Å². The predicted molar refractivity (Wildman–Crippen MR) is 62.4 cm³/mol. The number of nitrogens with zero attached hydrogens (tertiary/aromatic N) is 1. The van der Waals surface area contributed by atoms with Gasteiger partial charge in [-0.25, -0.2) is 4.79 Å². The van der Waals surface area contributed by atoms with Gasteiger partial charge in [0.2, 0.25) is 0 Å². The molecule has 0 aromatic carbocycles. The van der Waals surface area contributed by atoms with Crippen LogP contribution in [0.15, 0.2) is 0 Å². The molecule has 0 spiro atoms. The van der Waals surface area contributed by atoms with E-state index in [0.29, 0.717) is 13.0 Å². The van der Waals surface area contributed by atoms with Crippen molar-refractivity contribution in [2.45, 2.75) is 33.1 Å². The van der Waals surface area contributed by atoms with Gasteiger partial charge in [-0.05, 0) is 18.3 Å². The Labute approximate surface area is 96.8 Å².